The number of nitrogens with zero attached hydrogens (tertiary/aromatic N) is 1. The van der Waals surface area contributed by atoms with E-state index in [4.69, 9.17) is 0 Å². The molecule has 0 saturated carbocycles. The molecule has 0 bridgehead atoms. The Hall–Kier alpha value is -1.96. The summed E-state index contributed by atoms with van der Waals surface area (Å²) in [7, 11) is 0. The third-order valence-corrected chi connectivity index (χ3v) is 3.33. The lowest BCUT2D eigenvalue weighted by molar-refractivity contribution is -0.117. The summed E-state index contributed by atoms with van der Waals surface area (Å²) >= 11 is 0. The van der Waals surface area contributed by atoms with Crippen LogP contribution in [0, 0.1) is 0 Å². The molecule has 0 atom stereocenters. The summed E-state index contributed by atoms with van der Waals surface area (Å²) in [6, 6.07) is 14.0. The van der Waals surface area contributed by atoms with Crippen LogP contribution in [0.1, 0.15) is 37.6 Å². The molecule has 0 N–H and O–H groups in total. The van der Waals surface area contributed by atoms with E-state index in [0.29, 0.717) is 12.8 Å². The quantitative estimate of drug-likeness (QED) is 0.844. The molecule has 0 spiro atoms. The SMILES string of the molecule is CC(C)(C)c1ccc(CC(=O)Cc2ccccn2)cc1. The molecule has 20 heavy (non-hydrogen) atoms. The molecular formula is C18H21NO. The molecule has 1 aromatic carbocycles. The van der Waals surface area contributed by atoms with E-state index in [1.54, 1.807) is 6.20 Å². The van der Waals surface area contributed by atoms with Gasteiger partial charge < -0.3 is 0 Å². The molecule has 0 fully saturated rings. The zero-order chi connectivity index (χ0) is 14.6. The van der Waals surface area contributed by atoms with Gasteiger partial charge in [-0.25, -0.2) is 0 Å². The van der Waals surface area contributed by atoms with Gasteiger partial charge in [-0.1, -0.05) is 51.1 Å². The molecule has 2 nitrogen and oxygen atoms in total. The number of benzene rings is 1. The Labute approximate surface area is 120 Å². The van der Waals surface area contributed by atoms with E-state index in [1.807, 2.05) is 18.2 Å². The smallest absolute Gasteiger partial charge is 0.143 e. The summed E-state index contributed by atoms with van der Waals surface area (Å²) in [5.74, 6) is 0.201. The number of rotatable bonds is 4. The van der Waals surface area contributed by atoms with Crippen molar-refractivity contribution in [1.29, 1.82) is 0 Å². The molecule has 2 heteroatoms. The summed E-state index contributed by atoms with van der Waals surface area (Å²) in [6.07, 6.45) is 2.60. The van der Waals surface area contributed by atoms with Crippen molar-refractivity contribution in [3.8, 4) is 0 Å². The number of hydrogen-bond donors (Lipinski definition) is 0. The van der Waals surface area contributed by atoms with Crippen LogP contribution >= 0.6 is 0 Å². The van der Waals surface area contributed by atoms with Gasteiger partial charge in [0.25, 0.3) is 0 Å². The van der Waals surface area contributed by atoms with Crippen molar-refractivity contribution in [2.45, 2.75) is 39.0 Å². The second-order valence-corrected chi connectivity index (χ2v) is 6.16. The topological polar surface area (TPSA) is 30.0 Å². The Morgan fingerprint density at radius 2 is 1.70 bits per heavy atom. The van der Waals surface area contributed by atoms with Crippen LogP contribution < -0.4 is 0 Å². The molecule has 1 aromatic heterocycles. The molecule has 1 heterocycles. The third kappa shape index (κ3) is 4.02. The van der Waals surface area contributed by atoms with Gasteiger partial charge in [0, 0.05) is 24.7 Å². The minimum atomic E-state index is 0.149. The van der Waals surface area contributed by atoms with Crippen molar-refractivity contribution < 1.29 is 4.79 Å². The zero-order valence-corrected chi connectivity index (χ0v) is 12.4. The van der Waals surface area contributed by atoms with Crippen LogP contribution in [0.5, 0.6) is 0 Å². The van der Waals surface area contributed by atoms with E-state index in [2.05, 4.69) is 50.0 Å². The van der Waals surface area contributed by atoms with Gasteiger partial charge >= 0.3 is 0 Å². The Bertz CT molecular complexity index is 565. The van der Waals surface area contributed by atoms with Crippen molar-refractivity contribution >= 4 is 5.78 Å². The number of ketones is 1. The highest BCUT2D eigenvalue weighted by atomic mass is 16.1. The standard InChI is InChI=1S/C18H21NO/c1-18(2,3)15-9-7-14(8-10-15)12-17(20)13-16-6-4-5-11-19-16/h4-11H,12-13H2,1-3H3. The zero-order valence-electron chi connectivity index (χ0n) is 12.4. The lowest BCUT2D eigenvalue weighted by Gasteiger charge is -2.19. The predicted octanol–water partition coefficient (Wildman–Crippen LogP) is 3.73. The highest BCUT2D eigenvalue weighted by Gasteiger charge is 2.13. The van der Waals surface area contributed by atoms with E-state index in [1.165, 1.54) is 5.56 Å². The molecule has 0 saturated heterocycles. The van der Waals surface area contributed by atoms with Gasteiger partial charge in [-0.05, 0) is 28.7 Å². The van der Waals surface area contributed by atoms with Crippen LogP contribution in [-0.2, 0) is 23.1 Å². The first kappa shape index (κ1) is 14.4. The number of carbonyl (C=O) groups is 1. The van der Waals surface area contributed by atoms with Gasteiger partial charge in [0.1, 0.15) is 5.78 Å². The molecular weight excluding hydrogens is 246 g/mol. The number of aromatic nitrogens is 1. The average molecular weight is 267 g/mol. The fourth-order valence-electron chi connectivity index (χ4n) is 2.12. The Morgan fingerprint density at radius 1 is 1.00 bits per heavy atom. The summed E-state index contributed by atoms with van der Waals surface area (Å²) in [5, 5.41) is 0. The molecule has 2 aromatic rings. The van der Waals surface area contributed by atoms with Crippen LogP contribution in [-0.4, -0.2) is 10.8 Å². The summed E-state index contributed by atoms with van der Waals surface area (Å²) in [5.41, 5.74) is 3.34. The minimum Gasteiger partial charge on any atom is -0.299 e. The van der Waals surface area contributed by atoms with Gasteiger partial charge in [-0.15, -0.1) is 0 Å². The van der Waals surface area contributed by atoms with Crippen LogP contribution in [0.4, 0.5) is 0 Å². The second kappa shape index (κ2) is 6.00. The first-order valence-corrected chi connectivity index (χ1v) is 6.96. The molecule has 104 valence electrons. The van der Waals surface area contributed by atoms with Gasteiger partial charge in [-0.2, -0.15) is 0 Å². The maximum atomic E-state index is 12.0. The summed E-state index contributed by atoms with van der Waals surface area (Å²) < 4.78 is 0. The monoisotopic (exact) mass is 267 g/mol. The highest BCUT2D eigenvalue weighted by molar-refractivity contribution is 5.82. The van der Waals surface area contributed by atoms with Crippen molar-refractivity contribution in [2.24, 2.45) is 0 Å². The Balaban J connectivity index is 1.98. The van der Waals surface area contributed by atoms with Crippen LogP contribution in [0.2, 0.25) is 0 Å². The predicted molar refractivity (Wildman–Crippen MR) is 81.8 cm³/mol. The second-order valence-electron chi connectivity index (χ2n) is 6.16. The van der Waals surface area contributed by atoms with Crippen molar-refractivity contribution in [1.82, 2.24) is 4.98 Å². The Kier molecular flexibility index (Phi) is 4.33. The first-order valence-electron chi connectivity index (χ1n) is 6.96. The fraction of sp³-hybridized carbons (Fsp3) is 0.333. The number of hydrogen-bond acceptors (Lipinski definition) is 2. The molecule has 2 rings (SSSR count). The number of Topliss-reactive ketones (excluding diaryl/α,β-unsaturated/α-hetero) is 1. The van der Waals surface area contributed by atoms with Gasteiger partial charge in [0.15, 0.2) is 0 Å². The lowest BCUT2D eigenvalue weighted by atomic mass is 9.86. The lowest BCUT2D eigenvalue weighted by Crippen LogP contribution is -2.11. The molecule has 0 radical (unpaired) electrons. The van der Waals surface area contributed by atoms with E-state index in [-0.39, 0.29) is 11.2 Å². The number of carbonyl (C=O) groups excluding carboxylic acids is 1. The van der Waals surface area contributed by atoms with Crippen molar-refractivity contribution in [2.75, 3.05) is 0 Å². The highest BCUT2D eigenvalue weighted by Crippen LogP contribution is 2.22. The fourth-order valence-corrected chi connectivity index (χ4v) is 2.12. The summed E-state index contributed by atoms with van der Waals surface area (Å²) in [6.45, 7) is 6.57. The third-order valence-electron chi connectivity index (χ3n) is 3.33. The normalized spacial score (nSPS) is 11.3. The van der Waals surface area contributed by atoms with E-state index in [0.717, 1.165) is 11.3 Å². The maximum absolute atomic E-state index is 12.0. The molecule has 0 aliphatic rings. The summed E-state index contributed by atoms with van der Waals surface area (Å²) in [4.78, 5) is 16.2. The van der Waals surface area contributed by atoms with Crippen LogP contribution in [0.15, 0.2) is 48.7 Å². The van der Waals surface area contributed by atoms with Gasteiger partial charge in [0.05, 0.1) is 0 Å². The van der Waals surface area contributed by atoms with Crippen molar-refractivity contribution in [3.05, 3.63) is 65.5 Å². The van der Waals surface area contributed by atoms with Crippen LogP contribution in [0.25, 0.3) is 0 Å². The van der Waals surface area contributed by atoms with E-state index >= 15 is 0 Å². The molecule has 0 aliphatic heterocycles. The minimum absolute atomic E-state index is 0.149. The van der Waals surface area contributed by atoms with E-state index in [9.17, 15) is 4.79 Å². The van der Waals surface area contributed by atoms with E-state index < -0.39 is 0 Å². The maximum Gasteiger partial charge on any atom is 0.143 e. The number of pyridine rings is 1. The Morgan fingerprint density at radius 3 is 2.25 bits per heavy atom. The average Bonchev–Trinajstić information content (AvgIpc) is 2.39. The molecule has 0 aliphatic carbocycles. The largest absolute Gasteiger partial charge is 0.299 e. The molecule has 0 unspecified atom stereocenters. The van der Waals surface area contributed by atoms with Gasteiger partial charge in [-0.3, -0.25) is 9.78 Å². The van der Waals surface area contributed by atoms with Crippen LogP contribution in [0.3, 0.4) is 0 Å². The van der Waals surface area contributed by atoms with Crippen molar-refractivity contribution in [3.63, 3.8) is 0 Å². The van der Waals surface area contributed by atoms with Gasteiger partial charge in [0.2, 0.25) is 0 Å². The molecule has 0 amide bonds. The first-order chi connectivity index (χ1) is 9.45.